The van der Waals surface area contributed by atoms with Gasteiger partial charge in [-0.05, 0) is 24.6 Å². The molecule has 0 bridgehead atoms. The lowest BCUT2D eigenvalue weighted by Crippen LogP contribution is -2.12. The molecule has 1 aromatic carbocycles. The van der Waals surface area contributed by atoms with Crippen LogP contribution in [0.1, 0.15) is 21.6 Å². The van der Waals surface area contributed by atoms with Crippen LogP contribution in [0.15, 0.2) is 30.7 Å². The Bertz CT molecular complexity index is 691. The van der Waals surface area contributed by atoms with Gasteiger partial charge in [-0.2, -0.15) is 0 Å². The number of aryl methyl sites for hydroxylation is 2. The molecule has 0 aliphatic carbocycles. The highest BCUT2D eigenvalue weighted by molar-refractivity contribution is 6.02. The van der Waals surface area contributed by atoms with Crippen molar-refractivity contribution in [1.29, 1.82) is 0 Å². The van der Waals surface area contributed by atoms with Crippen molar-refractivity contribution >= 4 is 11.6 Å². The monoisotopic (exact) mass is 268 g/mol. The summed E-state index contributed by atoms with van der Waals surface area (Å²) in [4.78, 5) is 16.0. The number of nitrogens with one attached hydrogen (secondary N) is 1. The van der Waals surface area contributed by atoms with Crippen LogP contribution >= 0.6 is 0 Å². The van der Waals surface area contributed by atoms with Gasteiger partial charge in [-0.15, -0.1) is 0 Å². The van der Waals surface area contributed by atoms with Gasteiger partial charge in [0.1, 0.15) is 5.69 Å². The van der Waals surface area contributed by atoms with Gasteiger partial charge in [0.15, 0.2) is 0 Å². The van der Waals surface area contributed by atoms with Crippen molar-refractivity contribution < 1.29 is 4.79 Å². The summed E-state index contributed by atoms with van der Waals surface area (Å²) in [6.07, 6.45) is 3.25. The summed E-state index contributed by atoms with van der Waals surface area (Å²) in [5.41, 5.74) is 8.33. The number of nitrogens with two attached hydrogens (primary N) is 1. The smallest absolute Gasteiger partial charge is 0.275 e. The second-order valence-electron chi connectivity index (χ2n) is 4.41. The summed E-state index contributed by atoms with van der Waals surface area (Å²) in [5.74, 6) is 5.55. The van der Waals surface area contributed by atoms with E-state index in [0.717, 1.165) is 11.1 Å². The fourth-order valence-corrected chi connectivity index (χ4v) is 1.71. The summed E-state index contributed by atoms with van der Waals surface area (Å²) in [7, 11) is 1.82. The molecule has 1 heterocycles. The molecular formula is C15H16N4O. The first-order valence-corrected chi connectivity index (χ1v) is 6.19. The highest BCUT2D eigenvalue weighted by Gasteiger charge is 2.09. The van der Waals surface area contributed by atoms with E-state index in [-0.39, 0.29) is 5.91 Å². The Labute approximate surface area is 117 Å². The van der Waals surface area contributed by atoms with Gasteiger partial charge in [0.2, 0.25) is 0 Å². The lowest BCUT2D eigenvalue weighted by molar-refractivity contribution is 0.102. The minimum atomic E-state index is -0.243. The van der Waals surface area contributed by atoms with Gasteiger partial charge in [-0.25, -0.2) is 4.98 Å². The third kappa shape index (κ3) is 3.25. The Kier molecular flexibility index (Phi) is 4.18. The number of anilines is 1. The first kappa shape index (κ1) is 13.8. The lowest BCUT2D eigenvalue weighted by atomic mass is 10.1. The van der Waals surface area contributed by atoms with E-state index in [1.807, 2.05) is 32.2 Å². The van der Waals surface area contributed by atoms with Crippen LogP contribution in [0.5, 0.6) is 0 Å². The largest absolute Gasteiger partial charge is 0.340 e. The van der Waals surface area contributed by atoms with Crippen molar-refractivity contribution in [1.82, 2.24) is 9.55 Å². The SMILES string of the molecule is Cc1ccc(NC(=O)c2cn(C)cn2)cc1C#CCN. The van der Waals surface area contributed by atoms with E-state index in [1.165, 1.54) is 0 Å². The second-order valence-corrected chi connectivity index (χ2v) is 4.41. The van der Waals surface area contributed by atoms with Gasteiger partial charge in [-0.1, -0.05) is 17.9 Å². The molecule has 5 nitrogen and oxygen atoms in total. The number of hydrogen-bond acceptors (Lipinski definition) is 3. The number of carbonyl (C=O) groups excluding carboxylic acids is 1. The van der Waals surface area contributed by atoms with Crippen molar-refractivity contribution in [2.45, 2.75) is 6.92 Å². The molecule has 5 heteroatoms. The minimum absolute atomic E-state index is 0.243. The fourth-order valence-electron chi connectivity index (χ4n) is 1.71. The zero-order valence-electron chi connectivity index (χ0n) is 11.5. The van der Waals surface area contributed by atoms with Crippen molar-refractivity contribution in [3.63, 3.8) is 0 Å². The van der Waals surface area contributed by atoms with E-state index in [0.29, 0.717) is 17.9 Å². The molecule has 102 valence electrons. The molecule has 0 aliphatic rings. The minimum Gasteiger partial charge on any atom is -0.340 e. The maximum Gasteiger partial charge on any atom is 0.275 e. The molecule has 20 heavy (non-hydrogen) atoms. The first-order chi connectivity index (χ1) is 9.60. The fraction of sp³-hybridized carbons (Fsp3) is 0.200. The number of aromatic nitrogens is 2. The van der Waals surface area contributed by atoms with Gasteiger partial charge in [-0.3, -0.25) is 4.79 Å². The van der Waals surface area contributed by atoms with Crippen molar-refractivity contribution in [3.05, 3.63) is 47.5 Å². The third-order valence-corrected chi connectivity index (χ3v) is 2.76. The van der Waals surface area contributed by atoms with Crippen molar-refractivity contribution in [2.75, 3.05) is 11.9 Å². The third-order valence-electron chi connectivity index (χ3n) is 2.76. The average Bonchev–Trinajstić information content (AvgIpc) is 2.86. The van der Waals surface area contributed by atoms with E-state index in [2.05, 4.69) is 22.1 Å². The van der Waals surface area contributed by atoms with Crippen LogP contribution in [-0.2, 0) is 7.05 Å². The predicted molar refractivity (Wildman–Crippen MR) is 78.3 cm³/mol. The standard InChI is InChI=1S/C15H16N4O/c1-11-5-6-13(8-12(11)4-3-7-16)18-15(20)14-9-19(2)10-17-14/h5-6,8-10H,7,16H2,1-2H3,(H,18,20). The number of imidazole rings is 1. The molecule has 0 saturated carbocycles. The van der Waals surface area contributed by atoms with Crippen LogP contribution in [0.4, 0.5) is 5.69 Å². The molecule has 0 unspecified atom stereocenters. The molecule has 2 aromatic rings. The van der Waals surface area contributed by atoms with Crippen molar-refractivity contribution in [2.24, 2.45) is 12.8 Å². The van der Waals surface area contributed by atoms with Gasteiger partial charge in [0.25, 0.3) is 5.91 Å². The molecule has 0 spiro atoms. The second kappa shape index (κ2) is 6.04. The maximum absolute atomic E-state index is 12.0. The zero-order valence-corrected chi connectivity index (χ0v) is 11.5. The average molecular weight is 268 g/mol. The number of hydrogen-bond donors (Lipinski definition) is 2. The van der Waals surface area contributed by atoms with Crippen molar-refractivity contribution in [3.8, 4) is 11.8 Å². The zero-order chi connectivity index (χ0) is 14.5. The summed E-state index contributed by atoms with van der Waals surface area (Å²) >= 11 is 0. The quantitative estimate of drug-likeness (QED) is 0.806. The number of benzene rings is 1. The van der Waals surface area contributed by atoms with Crippen LogP contribution < -0.4 is 11.1 Å². The van der Waals surface area contributed by atoms with Crippen LogP contribution in [0.3, 0.4) is 0 Å². The van der Waals surface area contributed by atoms with Gasteiger partial charge >= 0.3 is 0 Å². The van der Waals surface area contributed by atoms with E-state index < -0.39 is 0 Å². The number of nitrogens with zero attached hydrogens (tertiary/aromatic N) is 2. The summed E-state index contributed by atoms with van der Waals surface area (Å²) in [6.45, 7) is 2.27. The molecule has 0 aliphatic heterocycles. The Hall–Kier alpha value is -2.58. The predicted octanol–water partition coefficient (Wildman–Crippen LogP) is 1.29. The summed E-state index contributed by atoms with van der Waals surface area (Å²) in [5, 5.41) is 2.80. The van der Waals surface area contributed by atoms with Crippen LogP contribution in [0, 0.1) is 18.8 Å². The Morgan fingerprint density at radius 2 is 2.30 bits per heavy atom. The number of rotatable bonds is 2. The summed E-state index contributed by atoms with van der Waals surface area (Å²) < 4.78 is 1.72. The highest BCUT2D eigenvalue weighted by atomic mass is 16.1. The Morgan fingerprint density at radius 1 is 1.50 bits per heavy atom. The van der Waals surface area contributed by atoms with E-state index >= 15 is 0 Å². The van der Waals surface area contributed by atoms with Gasteiger partial charge in [0.05, 0.1) is 12.9 Å². The number of amides is 1. The molecule has 0 radical (unpaired) electrons. The van der Waals surface area contributed by atoms with Crippen LogP contribution in [0.2, 0.25) is 0 Å². The topological polar surface area (TPSA) is 72.9 Å². The molecule has 0 saturated heterocycles. The van der Waals surface area contributed by atoms with E-state index in [4.69, 9.17) is 5.73 Å². The van der Waals surface area contributed by atoms with E-state index in [9.17, 15) is 4.79 Å². The van der Waals surface area contributed by atoms with Crippen LogP contribution in [0.25, 0.3) is 0 Å². The molecule has 2 rings (SSSR count). The van der Waals surface area contributed by atoms with E-state index in [1.54, 1.807) is 17.1 Å². The van der Waals surface area contributed by atoms with Crippen LogP contribution in [-0.4, -0.2) is 22.0 Å². The summed E-state index contributed by atoms with van der Waals surface area (Å²) in [6, 6.07) is 5.58. The molecular weight excluding hydrogens is 252 g/mol. The number of carbonyl (C=O) groups is 1. The Balaban J connectivity index is 2.19. The molecule has 0 fully saturated rings. The lowest BCUT2D eigenvalue weighted by Gasteiger charge is -2.05. The molecule has 3 N–H and O–H groups in total. The Morgan fingerprint density at radius 3 is 2.95 bits per heavy atom. The molecule has 0 atom stereocenters. The molecule has 1 aromatic heterocycles. The highest BCUT2D eigenvalue weighted by Crippen LogP contribution is 2.15. The molecule has 1 amide bonds. The van der Waals surface area contributed by atoms with Gasteiger partial charge in [0, 0.05) is 24.5 Å². The first-order valence-electron chi connectivity index (χ1n) is 6.19. The normalized spacial score (nSPS) is 9.75. The maximum atomic E-state index is 12.0. The van der Waals surface area contributed by atoms with Gasteiger partial charge < -0.3 is 15.6 Å².